The minimum Gasteiger partial charge on any atom is -0.474 e. The van der Waals surface area contributed by atoms with Crippen molar-refractivity contribution in [2.75, 3.05) is 23.4 Å². The van der Waals surface area contributed by atoms with E-state index >= 15 is 0 Å². The van der Waals surface area contributed by atoms with E-state index in [9.17, 15) is 13.2 Å². The predicted octanol–water partition coefficient (Wildman–Crippen LogP) is 3.50. The Morgan fingerprint density at radius 3 is 2.58 bits per heavy atom. The number of alkyl halides is 3. The van der Waals surface area contributed by atoms with E-state index in [1.165, 1.54) is 6.42 Å². The van der Waals surface area contributed by atoms with Crippen molar-refractivity contribution in [2.45, 2.75) is 64.0 Å². The van der Waals surface area contributed by atoms with Crippen molar-refractivity contribution in [3.63, 3.8) is 0 Å². The maximum atomic E-state index is 12.5. The second kappa shape index (κ2) is 7.87. The Hall–Kier alpha value is -1.74. The number of hydrazine groups is 1. The monoisotopic (exact) mass is 374 g/mol. The number of aromatic nitrogens is 1. The largest absolute Gasteiger partial charge is 0.522 e. The first kappa shape index (κ1) is 19.0. The second-order valence-electron chi connectivity index (χ2n) is 6.90. The van der Waals surface area contributed by atoms with Gasteiger partial charge in [0.2, 0.25) is 5.88 Å². The zero-order valence-corrected chi connectivity index (χ0v) is 14.8. The molecule has 2 fully saturated rings. The van der Waals surface area contributed by atoms with Gasteiger partial charge in [-0.3, -0.25) is 10.6 Å². The molecule has 146 valence electrons. The molecule has 3 N–H and O–H groups in total. The Bertz CT molecular complexity index is 621. The molecule has 6 nitrogen and oxygen atoms in total. The van der Waals surface area contributed by atoms with Crippen LogP contribution in [0.4, 0.5) is 24.7 Å². The third-order valence-corrected chi connectivity index (χ3v) is 4.96. The second-order valence-corrected chi connectivity index (χ2v) is 6.90. The molecule has 26 heavy (non-hydrogen) atoms. The number of anilines is 2. The average Bonchev–Trinajstić information content (AvgIpc) is 3.03. The Kier molecular flexibility index (Phi) is 5.76. The Morgan fingerprint density at radius 2 is 1.92 bits per heavy atom. The highest BCUT2D eigenvalue weighted by molar-refractivity contribution is 5.64. The summed E-state index contributed by atoms with van der Waals surface area (Å²) in [6, 6.07) is 1.74. The van der Waals surface area contributed by atoms with Crippen LogP contribution >= 0.6 is 0 Å². The van der Waals surface area contributed by atoms with E-state index in [4.69, 9.17) is 10.6 Å². The van der Waals surface area contributed by atoms with E-state index < -0.39 is 12.5 Å². The number of nitrogens with two attached hydrogens (primary N) is 1. The fourth-order valence-electron chi connectivity index (χ4n) is 3.65. The lowest BCUT2D eigenvalue weighted by molar-refractivity contribution is -0.339. The smallest absolute Gasteiger partial charge is 0.474 e. The molecule has 1 aliphatic heterocycles. The molecule has 9 heteroatoms. The number of nitrogens with zero attached hydrogens (tertiary/aromatic N) is 2. The number of hydrogen-bond acceptors (Lipinski definition) is 6. The number of hydrogen-bond donors (Lipinski definition) is 2. The molecule has 1 atom stereocenters. The Labute approximate surface area is 150 Å². The molecule has 3 rings (SSSR count). The van der Waals surface area contributed by atoms with Gasteiger partial charge in [0.15, 0.2) is 0 Å². The predicted molar refractivity (Wildman–Crippen MR) is 92.0 cm³/mol. The van der Waals surface area contributed by atoms with Crippen LogP contribution in [-0.4, -0.2) is 36.6 Å². The van der Waals surface area contributed by atoms with Gasteiger partial charge in [-0.25, -0.2) is 0 Å². The molecule has 1 unspecified atom stereocenters. The van der Waals surface area contributed by atoms with Gasteiger partial charge >= 0.3 is 6.36 Å². The molecule has 0 spiro atoms. The summed E-state index contributed by atoms with van der Waals surface area (Å²) in [5.74, 6) is 6.64. The van der Waals surface area contributed by atoms with Gasteiger partial charge in [0.1, 0.15) is 11.9 Å². The number of nitrogen functional groups attached to an aromatic ring is 1. The third-order valence-electron chi connectivity index (χ3n) is 4.96. The van der Waals surface area contributed by atoms with Gasteiger partial charge in [0, 0.05) is 24.7 Å². The molecule has 0 radical (unpaired) electrons. The summed E-state index contributed by atoms with van der Waals surface area (Å²) in [5, 5.41) is 0. The summed E-state index contributed by atoms with van der Waals surface area (Å²) >= 11 is 0. The van der Waals surface area contributed by atoms with Crippen LogP contribution in [-0.2, 0) is 4.74 Å². The lowest BCUT2D eigenvalue weighted by atomic mass is 9.98. The van der Waals surface area contributed by atoms with Crippen LogP contribution in [0.25, 0.3) is 0 Å². The standard InChI is InChI=1S/C17H25F3N4O2/c1-11-14(23-21)9-15(25-12-5-3-2-4-6-12)22-16(11)24-8-7-13(10-24)26-17(18,19)20/h9,12-13H,2-8,10,21H2,1H3,(H,22,23). The first-order valence-corrected chi connectivity index (χ1v) is 9.00. The minimum atomic E-state index is -4.63. The molecule has 1 aromatic heterocycles. The van der Waals surface area contributed by atoms with Crippen LogP contribution in [0.1, 0.15) is 44.1 Å². The van der Waals surface area contributed by atoms with E-state index in [1.807, 2.05) is 6.92 Å². The zero-order valence-electron chi connectivity index (χ0n) is 14.8. The van der Waals surface area contributed by atoms with Crippen molar-refractivity contribution in [3.8, 4) is 5.88 Å². The lowest BCUT2D eigenvalue weighted by Gasteiger charge is -2.25. The van der Waals surface area contributed by atoms with E-state index in [0.29, 0.717) is 30.4 Å². The van der Waals surface area contributed by atoms with Gasteiger partial charge in [0.05, 0.1) is 11.8 Å². The van der Waals surface area contributed by atoms with Crippen molar-refractivity contribution in [3.05, 3.63) is 11.6 Å². The van der Waals surface area contributed by atoms with Crippen molar-refractivity contribution >= 4 is 11.5 Å². The van der Waals surface area contributed by atoms with Crippen LogP contribution in [0.15, 0.2) is 6.07 Å². The first-order chi connectivity index (χ1) is 12.4. The summed E-state index contributed by atoms with van der Waals surface area (Å²) < 4.78 is 47.5. The fourth-order valence-corrected chi connectivity index (χ4v) is 3.65. The fraction of sp³-hybridized carbons (Fsp3) is 0.706. The molecule has 1 aromatic rings. The quantitative estimate of drug-likeness (QED) is 0.607. The van der Waals surface area contributed by atoms with Crippen LogP contribution in [0.2, 0.25) is 0 Å². The maximum Gasteiger partial charge on any atom is 0.522 e. The topological polar surface area (TPSA) is 72.6 Å². The molecular formula is C17H25F3N4O2. The van der Waals surface area contributed by atoms with E-state index in [0.717, 1.165) is 31.2 Å². The third kappa shape index (κ3) is 4.70. The summed E-state index contributed by atoms with van der Waals surface area (Å²) in [7, 11) is 0. The first-order valence-electron chi connectivity index (χ1n) is 9.00. The van der Waals surface area contributed by atoms with Gasteiger partial charge in [-0.05, 0) is 39.0 Å². The molecule has 2 heterocycles. The summed E-state index contributed by atoms with van der Waals surface area (Å²) in [6.07, 6.45) is 0.353. The number of halogens is 3. The highest BCUT2D eigenvalue weighted by Crippen LogP contribution is 2.33. The highest BCUT2D eigenvalue weighted by Gasteiger charge is 2.37. The molecule has 0 aromatic carbocycles. The van der Waals surface area contributed by atoms with E-state index in [1.54, 1.807) is 11.0 Å². The van der Waals surface area contributed by atoms with Crippen LogP contribution in [0.5, 0.6) is 5.88 Å². The summed E-state index contributed by atoms with van der Waals surface area (Å²) in [6.45, 7) is 2.40. The minimum absolute atomic E-state index is 0.123. The molecular weight excluding hydrogens is 349 g/mol. The average molecular weight is 374 g/mol. The van der Waals surface area contributed by atoms with Gasteiger partial charge in [-0.1, -0.05) is 6.42 Å². The zero-order chi connectivity index (χ0) is 18.7. The summed E-state index contributed by atoms with van der Waals surface area (Å²) in [5.41, 5.74) is 4.06. The Balaban J connectivity index is 1.76. The normalized spacial score (nSPS) is 21.9. The van der Waals surface area contributed by atoms with Crippen LogP contribution in [0, 0.1) is 6.92 Å². The molecule has 1 saturated carbocycles. The number of nitrogens with one attached hydrogen (secondary N) is 1. The van der Waals surface area contributed by atoms with Crippen molar-refractivity contribution in [2.24, 2.45) is 5.84 Å². The number of rotatable bonds is 5. The van der Waals surface area contributed by atoms with Crippen molar-refractivity contribution in [1.82, 2.24) is 4.98 Å². The van der Waals surface area contributed by atoms with Gasteiger partial charge in [-0.15, -0.1) is 13.2 Å². The van der Waals surface area contributed by atoms with E-state index in [-0.39, 0.29) is 12.6 Å². The summed E-state index contributed by atoms with van der Waals surface area (Å²) in [4.78, 5) is 6.35. The Morgan fingerprint density at radius 1 is 1.19 bits per heavy atom. The molecule has 0 bridgehead atoms. The van der Waals surface area contributed by atoms with Crippen molar-refractivity contribution in [1.29, 1.82) is 0 Å². The maximum absolute atomic E-state index is 12.5. The van der Waals surface area contributed by atoms with Gasteiger partial charge in [0.25, 0.3) is 0 Å². The molecule has 1 aliphatic carbocycles. The van der Waals surface area contributed by atoms with E-state index in [2.05, 4.69) is 15.1 Å². The van der Waals surface area contributed by atoms with Gasteiger partial charge < -0.3 is 15.1 Å². The van der Waals surface area contributed by atoms with Crippen molar-refractivity contribution < 1.29 is 22.6 Å². The number of pyridine rings is 1. The molecule has 1 saturated heterocycles. The lowest BCUT2D eigenvalue weighted by Crippen LogP contribution is -2.29. The SMILES string of the molecule is Cc1c(NN)cc(OC2CCCCC2)nc1N1CCC(OC(F)(F)F)C1. The van der Waals surface area contributed by atoms with Gasteiger partial charge in [-0.2, -0.15) is 4.98 Å². The van der Waals surface area contributed by atoms with Crippen LogP contribution < -0.4 is 20.9 Å². The molecule has 2 aliphatic rings. The van der Waals surface area contributed by atoms with Crippen LogP contribution in [0.3, 0.4) is 0 Å². The highest BCUT2D eigenvalue weighted by atomic mass is 19.4. The number of ether oxygens (including phenoxy) is 2. The molecule has 0 amide bonds.